The monoisotopic (exact) mass is 304 g/mol. The third-order valence-corrected chi connectivity index (χ3v) is 4.13. The van der Waals surface area contributed by atoms with Gasteiger partial charge >= 0.3 is 6.03 Å². The van der Waals surface area contributed by atoms with Crippen LogP contribution in [0.5, 0.6) is 0 Å². The largest absolute Gasteiger partial charge is 0.330 e. The molecule has 120 valence electrons. The number of amides is 4. The number of nitrogens with zero attached hydrogens (tertiary/aromatic N) is 1. The second-order valence-corrected chi connectivity index (χ2v) is 5.25. The van der Waals surface area contributed by atoms with Gasteiger partial charge in [-0.2, -0.15) is 0 Å². The van der Waals surface area contributed by atoms with E-state index in [1.54, 1.807) is 13.8 Å². The van der Waals surface area contributed by atoms with Gasteiger partial charge in [0.2, 0.25) is 11.8 Å². The van der Waals surface area contributed by atoms with E-state index in [2.05, 4.69) is 36.5 Å². The number of hydrogen-bond acceptors (Lipinski definition) is 3. The number of aryl methyl sites for hydroxylation is 1. The summed E-state index contributed by atoms with van der Waals surface area (Å²) in [6.45, 7) is 5.70. The first-order valence-corrected chi connectivity index (χ1v) is 7.60. The van der Waals surface area contributed by atoms with Crippen molar-refractivity contribution in [1.29, 1.82) is 0 Å². The Balaban J connectivity index is 0.000000255. The van der Waals surface area contributed by atoms with Crippen LogP contribution < -0.4 is 5.32 Å². The van der Waals surface area contributed by atoms with E-state index in [9.17, 15) is 14.4 Å². The van der Waals surface area contributed by atoms with E-state index in [4.69, 9.17) is 0 Å². The number of carbonyl (C=O) groups is 3. The van der Waals surface area contributed by atoms with E-state index in [0.29, 0.717) is 12.8 Å². The average Bonchev–Trinajstić information content (AvgIpc) is 2.55. The summed E-state index contributed by atoms with van der Waals surface area (Å²) in [7, 11) is 1.38. The lowest BCUT2D eigenvalue weighted by molar-refractivity contribution is -0.151. The SMILES string of the molecule is CCC1(CC)C(=O)NC(=O)N(C)C1=O.CCc1ccccc1. The van der Waals surface area contributed by atoms with Gasteiger partial charge in [-0.1, -0.05) is 51.1 Å². The quantitative estimate of drug-likeness (QED) is 0.873. The van der Waals surface area contributed by atoms with Gasteiger partial charge < -0.3 is 0 Å². The molecule has 1 heterocycles. The van der Waals surface area contributed by atoms with Crippen molar-refractivity contribution in [2.24, 2.45) is 5.41 Å². The van der Waals surface area contributed by atoms with E-state index in [-0.39, 0.29) is 0 Å². The molecule has 1 aromatic carbocycles. The molecule has 1 saturated heterocycles. The lowest BCUT2D eigenvalue weighted by atomic mass is 9.79. The molecule has 4 amide bonds. The zero-order valence-corrected chi connectivity index (χ0v) is 13.7. The van der Waals surface area contributed by atoms with Crippen molar-refractivity contribution in [2.45, 2.75) is 40.0 Å². The standard InChI is InChI=1S/C9H14N2O3.C8H10/c1-4-9(5-2)6(12)10-8(14)11(3)7(9)13;1-2-8-6-4-3-5-7-8/h4-5H2,1-3H3,(H,10,12,14);3-7H,2H2,1H3. The first kappa shape index (κ1) is 17.9. The number of rotatable bonds is 3. The van der Waals surface area contributed by atoms with Gasteiger partial charge in [0.1, 0.15) is 5.41 Å². The van der Waals surface area contributed by atoms with Gasteiger partial charge in [0.05, 0.1) is 0 Å². The Hall–Kier alpha value is -2.17. The number of barbiturate groups is 1. The van der Waals surface area contributed by atoms with Gasteiger partial charge in [-0.15, -0.1) is 0 Å². The predicted molar refractivity (Wildman–Crippen MR) is 85.1 cm³/mol. The molecule has 1 fully saturated rings. The lowest BCUT2D eigenvalue weighted by Crippen LogP contribution is -2.62. The minimum atomic E-state index is -1.05. The Labute approximate surface area is 131 Å². The fourth-order valence-electron chi connectivity index (χ4n) is 2.40. The third kappa shape index (κ3) is 3.53. The number of hydrogen-bond donors (Lipinski definition) is 1. The van der Waals surface area contributed by atoms with Gasteiger partial charge in [0.15, 0.2) is 0 Å². The molecule has 0 aliphatic carbocycles. The molecule has 1 aliphatic heterocycles. The van der Waals surface area contributed by atoms with Crippen LogP contribution in [0.4, 0.5) is 4.79 Å². The van der Waals surface area contributed by atoms with Crippen molar-refractivity contribution in [1.82, 2.24) is 10.2 Å². The highest BCUT2D eigenvalue weighted by Gasteiger charge is 2.50. The van der Waals surface area contributed by atoms with Gasteiger partial charge in [0.25, 0.3) is 0 Å². The second-order valence-electron chi connectivity index (χ2n) is 5.25. The fraction of sp³-hybridized carbons (Fsp3) is 0.471. The van der Waals surface area contributed by atoms with E-state index in [1.165, 1.54) is 12.6 Å². The highest BCUT2D eigenvalue weighted by molar-refractivity contribution is 6.18. The number of nitrogens with one attached hydrogen (secondary N) is 1. The molecule has 2 rings (SSSR count). The van der Waals surface area contributed by atoms with E-state index >= 15 is 0 Å². The van der Waals surface area contributed by atoms with Crippen molar-refractivity contribution < 1.29 is 14.4 Å². The van der Waals surface area contributed by atoms with Gasteiger partial charge in [-0.3, -0.25) is 19.8 Å². The zero-order chi connectivity index (χ0) is 16.8. The van der Waals surface area contributed by atoms with E-state index in [0.717, 1.165) is 11.3 Å². The first-order valence-electron chi connectivity index (χ1n) is 7.60. The maximum absolute atomic E-state index is 11.8. The van der Waals surface area contributed by atoms with Crippen molar-refractivity contribution in [3.63, 3.8) is 0 Å². The minimum Gasteiger partial charge on any atom is -0.277 e. The summed E-state index contributed by atoms with van der Waals surface area (Å²) >= 11 is 0. The van der Waals surface area contributed by atoms with Crippen molar-refractivity contribution in [2.75, 3.05) is 7.05 Å². The number of imide groups is 2. The molecule has 1 aromatic rings. The normalized spacial score (nSPS) is 16.7. The molecule has 0 saturated carbocycles. The Morgan fingerprint density at radius 2 is 1.55 bits per heavy atom. The van der Waals surface area contributed by atoms with Crippen LogP contribution in [0.1, 0.15) is 39.2 Å². The molecule has 0 unspecified atom stereocenters. The number of carbonyl (C=O) groups excluding carboxylic acids is 3. The maximum atomic E-state index is 11.8. The Bertz CT molecular complexity index is 536. The summed E-state index contributed by atoms with van der Waals surface area (Å²) in [4.78, 5) is 35.4. The summed E-state index contributed by atoms with van der Waals surface area (Å²) < 4.78 is 0. The Morgan fingerprint density at radius 3 is 1.95 bits per heavy atom. The Kier molecular flexibility index (Phi) is 6.28. The Morgan fingerprint density at radius 1 is 1.00 bits per heavy atom. The van der Waals surface area contributed by atoms with Crippen LogP contribution in [0.15, 0.2) is 30.3 Å². The van der Waals surface area contributed by atoms with Crippen LogP contribution in [0.2, 0.25) is 0 Å². The summed E-state index contributed by atoms with van der Waals surface area (Å²) in [5, 5.41) is 2.18. The molecule has 22 heavy (non-hydrogen) atoms. The number of benzene rings is 1. The van der Waals surface area contributed by atoms with Crippen LogP contribution in [0, 0.1) is 5.41 Å². The van der Waals surface area contributed by atoms with Crippen molar-refractivity contribution >= 4 is 17.8 Å². The zero-order valence-electron chi connectivity index (χ0n) is 13.7. The fourth-order valence-corrected chi connectivity index (χ4v) is 2.40. The summed E-state index contributed by atoms with van der Waals surface area (Å²) in [6, 6.07) is 9.81. The minimum absolute atomic E-state index is 0.406. The molecule has 0 aromatic heterocycles. The predicted octanol–water partition coefficient (Wildman–Crippen LogP) is 2.75. The molecule has 1 aliphatic rings. The smallest absolute Gasteiger partial charge is 0.277 e. The first-order chi connectivity index (χ1) is 10.4. The van der Waals surface area contributed by atoms with Crippen LogP contribution in [0.25, 0.3) is 0 Å². The molecule has 0 atom stereocenters. The van der Waals surface area contributed by atoms with Crippen LogP contribution in [0.3, 0.4) is 0 Å². The van der Waals surface area contributed by atoms with E-state index < -0.39 is 23.3 Å². The summed E-state index contributed by atoms with van der Waals surface area (Å²) in [6.07, 6.45) is 1.96. The van der Waals surface area contributed by atoms with Crippen LogP contribution in [-0.4, -0.2) is 29.8 Å². The molecule has 5 nitrogen and oxygen atoms in total. The highest BCUT2D eigenvalue weighted by atomic mass is 16.2. The molecule has 0 radical (unpaired) electrons. The van der Waals surface area contributed by atoms with Gasteiger partial charge in [-0.05, 0) is 24.8 Å². The van der Waals surface area contributed by atoms with Crippen molar-refractivity contribution in [3.05, 3.63) is 35.9 Å². The van der Waals surface area contributed by atoms with Gasteiger partial charge in [-0.25, -0.2) is 4.79 Å². The van der Waals surface area contributed by atoms with Crippen LogP contribution in [-0.2, 0) is 16.0 Å². The maximum Gasteiger partial charge on any atom is 0.330 e. The topological polar surface area (TPSA) is 66.5 Å². The average molecular weight is 304 g/mol. The molecule has 0 bridgehead atoms. The molecular weight excluding hydrogens is 280 g/mol. The summed E-state index contributed by atoms with van der Waals surface area (Å²) in [5.74, 6) is -0.883. The third-order valence-electron chi connectivity index (χ3n) is 4.13. The molecular formula is C17H24N2O3. The second kappa shape index (κ2) is 7.73. The summed E-state index contributed by atoms with van der Waals surface area (Å²) in [5.41, 5.74) is 0.357. The molecule has 1 N–H and O–H groups in total. The lowest BCUT2D eigenvalue weighted by Gasteiger charge is -2.36. The van der Waals surface area contributed by atoms with Crippen molar-refractivity contribution in [3.8, 4) is 0 Å². The van der Waals surface area contributed by atoms with Crippen LogP contribution >= 0.6 is 0 Å². The molecule has 0 spiro atoms. The molecule has 5 heteroatoms. The van der Waals surface area contributed by atoms with Gasteiger partial charge in [0, 0.05) is 7.05 Å². The highest BCUT2D eigenvalue weighted by Crippen LogP contribution is 2.31. The number of urea groups is 1. The van der Waals surface area contributed by atoms with E-state index in [1.807, 2.05) is 6.07 Å².